The molecule has 3 aromatic heterocycles. The van der Waals surface area contributed by atoms with Gasteiger partial charge in [0.1, 0.15) is 34.5 Å². The Morgan fingerprint density at radius 2 is 1.92 bits per heavy atom. The van der Waals surface area contributed by atoms with Gasteiger partial charge in [0, 0.05) is 31.8 Å². The van der Waals surface area contributed by atoms with Crippen LogP contribution >= 0.6 is 11.3 Å². The number of carboxylic acid groups (broad SMARTS) is 1. The van der Waals surface area contributed by atoms with Crippen LogP contribution in [0.5, 0.6) is 5.88 Å². The number of hydrogen-bond donors (Lipinski definition) is 3. The number of aromatic nitrogens is 4. The number of thiophene rings is 1. The highest BCUT2D eigenvalue weighted by Gasteiger charge is 2.61. The van der Waals surface area contributed by atoms with E-state index in [1.807, 2.05) is 30.6 Å². The molecule has 0 unspecified atom stereocenters. The maximum Gasteiger partial charge on any atom is 0.408 e. The second kappa shape index (κ2) is 13.8. The van der Waals surface area contributed by atoms with Gasteiger partial charge >= 0.3 is 12.1 Å². The number of allylic oxidation sites excluding steroid dienone is 1. The molecule has 0 radical (unpaired) electrons. The molecule has 0 aromatic carbocycles. The van der Waals surface area contributed by atoms with E-state index < -0.39 is 47.6 Å². The van der Waals surface area contributed by atoms with Gasteiger partial charge in [-0.2, -0.15) is 4.98 Å². The second-order valence-corrected chi connectivity index (χ2v) is 14.4. The SMILES string of the molecule is Cn1ccnc1-c1nc(O[C@@H]2C[C@H]3C(=O)N[C@]4(C(=O)O)C[C@H]4/C=C\CCCCC[C@H](NC(=O)OC4CCCC4)C(=O)N3C2)c2sccc2n1. The van der Waals surface area contributed by atoms with Gasteiger partial charge < -0.3 is 34.7 Å². The Labute approximate surface area is 287 Å². The molecule has 15 heteroatoms. The predicted octanol–water partition coefficient (Wildman–Crippen LogP) is 3.96. The molecular weight excluding hydrogens is 650 g/mol. The Morgan fingerprint density at radius 1 is 1.10 bits per heavy atom. The fraction of sp³-hybridized carbons (Fsp3) is 0.559. The Bertz CT molecular complexity index is 1770. The second-order valence-electron chi connectivity index (χ2n) is 13.5. The standard InChI is InChI=1S/C34H41N7O7S/c1-40-15-14-35-28(40)27-36-23-13-16-49-26(23)30(38-27)47-22-17-25-29(42)39-34(32(44)45)18-20(34)9-5-3-2-4-6-12-24(31(43)41(25)19-22)37-33(46)48-21-10-7-8-11-21/h5,9,13-16,20-22,24-25H,2-4,6-8,10-12,17-19H2,1H3,(H,37,46)(H,39,42)(H,44,45)/b9-5-/t20-,22-,24+,25+,34-/m1/s1. The molecule has 3 amide bonds. The molecule has 2 aliphatic heterocycles. The van der Waals surface area contributed by atoms with Gasteiger partial charge in [-0.3, -0.25) is 9.59 Å². The van der Waals surface area contributed by atoms with Gasteiger partial charge in [-0.1, -0.05) is 25.0 Å². The van der Waals surface area contributed by atoms with E-state index in [0.717, 1.165) is 44.9 Å². The summed E-state index contributed by atoms with van der Waals surface area (Å²) in [5.41, 5.74) is -0.757. The third-order valence-corrected chi connectivity index (χ3v) is 11.0. The quantitative estimate of drug-likeness (QED) is 0.321. The zero-order chi connectivity index (χ0) is 34.1. The minimum Gasteiger partial charge on any atom is -0.479 e. The number of carbonyl (C=O) groups excluding carboxylic acids is 3. The number of carbonyl (C=O) groups is 4. The van der Waals surface area contributed by atoms with Crippen molar-refractivity contribution in [2.24, 2.45) is 13.0 Å². The third kappa shape index (κ3) is 6.85. The lowest BCUT2D eigenvalue weighted by Gasteiger charge is -2.29. The molecule has 3 N–H and O–H groups in total. The first-order chi connectivity index (χ1) is 23.7. The number of nitrogens with zero attached hydrogens (tertiary/aromatic N) is 5. The highest BCUT2D eigenvalue weighted by atomic mass is 32.1. The Balaban J connectivity index is 1.18. The molecule has 2 saturated carbocycles. The topological polar surface area (TPSA) is 178 Å². The molecule has 1 saturated heterocycles. The van der Waals surface area contributed by atoms with Crippen molar-refractivity contribution in [2.45, 2.75) is 100 Å². The number of rotatable bonds is 6. The van der Waals surface area contributed by atoms with Crippen LogP contribution < -0.4 is 15.4 Å². The molecule has 260 valence electrons. The van der Waals surface area contributed by atoms with Gasteiger partial charge in [0.25, 0.3) is 0 Å². The van der Waals surface area contributed by atoms with Crippen LogP contribution in [-0.2, 0) is 26.2 Å². The maximum absolute atomic E-state index is 14.4. The minimum absolute atomic E-state index is 0.0325. The van der Waals surface area contributed by atoms with E-state index in [2.05, 4.69) is 20.6 Å². The first-order valence-corrected chi connectivity index (χ1v) is 18.0. The van der Waals surface area contributed by atoms with Crippen LogP contribution in [0.25, 0.3) is 21.9 Å². The van der Waals surface area contributed by atoms with Crippen molar-refractivity contribution in [1.82, 2.24) is 35.1 Å². The van der Waals surface area contributed by atoms with Crippen LogP contribution in [0.1, 0.15) is 70.6 Å². The van der Waals surface area contributed by atoms with Crippen molar-refractivity contribution in [2.75, 3.05) is 6.54 Å². The highest BCUT2D eigenvalue weighted by molar-refractivity contribution is 7.17. The normalized spacial score (nSPS) is 28.6. The number of carboxylic acids is 1. The summed E-state index contributed by atoms with van der Waals surface area (Å²) in [7, 11) is 1.84. The number of amides is 3. The number of alkyl carbamates (subject to hydrolysis) is 1. The van der Waals surface area contributed by atoms with Crippen molar-refractivity contribution in [1.29, 1.82) is 0 Å². The third-order valence-electron chi connectivity index (χ3n) is 10.1. The van der Waals surface area contributed by atoms with Crippen LogP contribution in [0.3, 0.4) is 0 Å². The Morgan fingerprint density at radius 3 is 2.69 bits per heavy atom. The highest BCUT2D eigenvalue weighted by Crippen LogP contribution is 2.45. The lowest BCUT2D eigenvalue weighted by molar-refractivity contribution is -0.145. The lowest BCUT2D eigenvalue weighted by atomic mass is 10.0. The molecule has 5 atom stereocenters. The summed E-state index contributed by atoms with van der Waals surface area (Å²) < 4.78 is 14.6. The van der Waals surface area contributed by atoms with E-state index in [0.29, 0.717) is 40.6 Å². The Hall–Kier alpha value is -4.53. The smallest absolute Gasteiger partial charge is 0.408 e. The average molecular weight is 692 g/mol. The number of fused-ring (bicyclic) bond motifs is 3. The molecule has 0 bridgehead atoms. The van der Waals surface area contributed by atoms with Crippen LogP contribution in [0.4, 0.5) is 4.79 Å². The van der Waals surface area contributed by atoms with Crippen LogP contribution in [0.2, 0.25) is 0 Å². The molecule has 4 aliphatic rings. The summed E-state index contributed by atoms with van der Waals surface area (Å²) in [5, 5.41) is 17.7. The van der Waals surface area contributed by atoms with Gasteiger partial charge in [0.05, 0.1) is 12.1 Å². The number of aliphatic carboxylic acids is 1. The molecule has 7 rings (SSSR count). The van der Waals surface area contributed by atoms with Crippen molar-refractivity contribution in [3.05, 3.63) is 36.0 Å². The summed E-state index contributed by atoms with van der Waals surface area (Å²) in [6.45, 7) is 0.0325. The number of nitrogens with one attached hydrogen (secondary N) is 2. The number of aryl methyl sites for hydroxylation is 1. The molecule has 49 heavy (non-hydrogen) atoms. The fourth-order valence-corrected chi connectivity index (χ4v) is 8.00. The lowest BCUT2D eigenvalue weighted by Crippen LogP contribution is -2.56. The summed E-state index contributed by atoms with van der Waals surface area (Å²) in [5.74, 6) is -1.22. The number of hydrogen-bond acceptors (Lipinski definition) is 10. The summed E-state index contributed by atoms with van der Waals surface area (Å²) in [6.07, 6.45) is 13.2. The van der Waals surface area contributed by atoms with E-state index >= 15 is 0 Å². The predicted molar refractivity (Wildman–Crippen MR) is 179 cm³/mol. The van der Waals surface area contributed by atoms with Crippen molar-refractivity contribution < 1.29 is 33.8 Å². The molecule has 3 aromatic rings. The van der Waals surface area contributed by atoms with Crippen LogP contribution in [-0.4, -0.2) is 89.8 Å². The molecule has 2 aliphatic carbocycles. The van der Waals surface area contributed by atoms with Crippen molar-refractivity contribution in [3.63, 3.8) is 0 Å². The molecule has 14 nitrogen and oxygen atoms in total. The van der Waals surface area contributed by atoms with E-state index in [-0.39, 0.29) is 31.4 Å². The van der Waals surface area contributed by atoms with Crippen molar-refractivity contribution in [3.8, 4) is 17.5 Å². The summed E-state index contributed by atoms with van der Waals surface area (Å²) in [6, 6.07) is -0.0960. The number of ether oxygens (including phenoxy) is 2. The largest absolute Gasteiger partial charge is 0.479 e. The van der Waals surface area contributed by atoms with Gasteiger partial charge in [-0.05, 0) is 62.8 Å². The van der Waals surface area contributed by atoms with E-state index in [4.69, 9.17) is 14.5 Å². The van der Waals surface area contributed by atoms with E-state index in [1.165, 1.54) is 16.2 Å². The molecule has 3 fully saturated rings. The monoisotopic (exact) mass is 691 g/mol. The van der Waals surface area contributed by atoms with Crippen molar-refractivity contribution >= 4 is 45.4 Å². The summed E-state index contributed by atoms with van der Waals surface area (Å²) >= 11 is 1.41. The average Bonchev–Trinajstić information content (AvgIpc) is 3.67. The van der Waals surface area contributed by atoms with Gasteiger partial charge in [0.15, 0.2) is 11.6 Å². The van der Waals surface area contributed by atoms with Gasteiger partial charge in [-0.25, -0.2) is 19.6 Å². The van der Waals surface area contributed by atoms with Crippen LogP contribution in [0, 0.1) is 5.92 Å². The maximum atomic E-state index is 14.4. The van der Waals surface area contributed by atoms with Crippen LogP contribution in [0.15, 0.2) is 36.0 Å². The fourth-order valence-electron chi connectivity index (χ4n) is 7.24. The van der Waals surface area contributed by atoms with E-state index in [9.17, 15) is 24.3 Å². The molecule has 5 heterocycles. The first kappa shape index (κ1) is 33.0. The van der Waals surface area contributed by atoms with E-state index in [1.54, 1.807) is 17.0 Å². The number of imidazole rings is 1. The Kier molecular flexibility index (Phi) is 9.27. The van der Waals surface area contributed by atoms with Gasteiger partial charge in [-0.15, -0.1) is 11.3 Å². The van der Waals surface area contributed by atoms with Gasteiger partial charge in [0.2, 0.25) is 17.7 Å². The molecule has 0 spiro atoms. The zero-order valence-electron chi connectivity index (χ0n) is 27.4. The molecular formula is C34H41N7O7S. The summed E-state index contributed by atoms with van der Waals surface area (Å²) in [4.78, 5) is 69.0. The zero-order valence-corrected chi connectivity index (χ0v) is 28.2. The first-order valence-electron chi connectivity index (χ1n) is 17.1. The minimum atomic E-state index is -1.43.